The fraction of sp³-hybridized carbons (Fsp3) is 0.0625. The second kappa shape index (κ2) is 6.60. The van der Waals surface area contributed by atoms with Gasteiger partial charge in [0.15, 0.2) is 6.29 Å². The van der Waals surface area contributed by atoms with Crippen molar-refractivity contribution >= 4 is 40.1 Å². The molecule has 2 aromatic rings. The molecule has 2 aromatic carbocycles. The minimum Gasteiger partial charge on any atom is -0.497 e. The minimum atomic E-state index is 0.329. The molecular weight excluding hydrogens is 295 g/mol. The number of benzene rings is 2. The van der Waals surface area contributed by atoms with Crippen LogP contribution in [0.4, 0.5) is 0 Å². The number of hydrogen-bond donors (Lipinski definition) is 0. The van der Waals surface area contributed by atoms with E-state index in [0.717, 1.165) is 6.29 Å². The van der Waals surface area contributed by atoms with Crippen molar-refractivity contribution in [2.45, 2.75) is 0 Å². The molecule has 0 bridgehead atoms. The molecule has 0 saturated heterocycles. The summed E-state index contributed by atoms with van der Waals surface area (Å²) >= 11 is 12.4. The van der Waals surface area contributed by atoms with E-state index in [-0.39, 0.29) is 0 Å². The van der Waals surface area contributed by atoms with Gasteiger partial charge in [0.1, 0.15) is 5.75 Å². The normalized spacial score (nSPS) is 11.8. The number of allylic oxidation sites excluding steroid dienone is 1. The summed E-state index contributed by atoms with van der Waals surface area (Å²) in [6.45, 7) is 0. The molecule has 2 nitrogen and oxygen atoms in total. The zero-order valence-electron chi connectivity index (χ0n) is 10.8. The molecular formula is C16H12Cl2O2. The average molecular weight is 307 g/mol. The number of hydrogen-bond acceptors (Lipinski definition) is 2. The van der Waals surface area contributed by atoms with Gasteiger partial charge in [-0.1, -0.05) is 53.5 Å². The fourth-order valence-corrected chi connectivity index (χ4v) is 2.40. The van der Waals surface area contributed by atoms with Gasteiger partial charge in [-0.2, -0.15) is 0 Å². The Morgan fingerprint density at radius 1 is 1.10 bits per heavy atom. The van der Waals surface area contributed by atoms with Crippen molar-refractivity contribution in [3.05, 3.63) is 64.7 Å². The number of aldehydes is 1. The number of rotatable bonds is 4. The van der Waals surface area contributed by atoms with Gasteiger partial charge in [-0.25, -0.2) is 0 Å². The summed E-state index contributed by atoms with van der Waals surface area (Å²) in [4.78, 5) is 11.4. The van der Waals surface area contributed by atoms with Crippen LogP contribution in [0.3, 0.4) is 0 Å². The van der Waals surface area contributed by atoms with E-state index in [1.165, 1.54) is 0 Å². The molecule has 0 aliphatic carbocycles. The minimum absolute atomic E-state index is 0.329. The van der Waals surface area contributed by atoms with E-state index < -0.39 is 0 Å². The van der Waals surface area contributed by atoms with Crippen LogP contribution < -0.4 is 4.74 Å². The Balaban J connectivity index is 2.51. The largest absolute Gasteiger partial charge is 0.497 e. The molecule has 20 heavy (non-hydrogen) atoms. The molecule has 0 aromatic heterocycles. The lowest BCUT2D eigenvalue weighted by Gasteiger charge is -2.08. The second-order valence-corrected chi connectivity index (χ2v) is 4.84. The lowest BCUT2D eigenvalue weighted by molar-refractivity contribution is -0.103. The van der Waals surface area contributed by atoms with E-state index >= 15 is 0 Å². The molecule has 0 radical (unpaired) electrons. The predicted molar refractivity (Wildman–Crippen MR) is 83.2 cm³/mol. The van der Waals surface area contributed by atoms with Crippen LogP contribution in [0.2, 0.25) is 5.02 Å². The molecule has 0 spiro atoms. The van der Waals surface area contributed by atoms with Crippen molar-refractivity contribution in [2.24, 2.45) is 0 Å². The number of carbonyl (C=O) groups is 1. The number of carbonyl (C=O) groups excluding carboxylic acids is 1. The zero-order valence-corrected chi connectivity index (χ0v) is 12.3. The van der Waals surface area contributed by atoms with Gasteiger partial charge in [0.25, 0.3) is 0 Å². The quantitative estimate of drug-likeness (QED) is 0.467. The van der Waals surface area contributed by atoms with E-state index in [4.69, 9.17) is 27.9 Å². The van der Waals surface area contributed by atoms with Crippen molar-refractivity contribution in [2.75, 3.05) is 7.11 Å². The molecule has 0 unspecified atom stereocenters. The third kappa shape index (κ3) is 3.03. The Morgan fingerprint density at radius 2 is 1.75 bits per heavy atom. The van der Waals surface area contributed by atoms with Gasteiger partial charge in [-0.05, 0) is 23.8 Å². The lowest BCUT2D eigenvalue weighted by Crippen LogP contribution is -1.91. The Bertz CT molecular complexity index is 646. The van der Waals surface area contributed by atoms with Gasteiger partial charge in [0, 0.05) is 16.2 Å². The number of halogens is 2. The number of ether oxygens (including phenoxy) is 1. The van der Waals surface area contributed by atoms with Crippen LogP contribution in [-0.4, -0.2) is 13.4 Å². The first-order valence-corrected chi connectivity index (χ1v) is 6.67. The van der Waals surface area contributed by atoms with Crippen LogP contribution in [0.1, 0.15) is 11.1 Å². The molecule has 0 atom stereocenters. The van der Waals surface area contributed by atoms with Crippen LogP contribution in [0.25, 0.3) is 10.6 Å². The summed E-state index contributed by atoms with van der Waals surface area (Å²) in [5, 5.41) is 0.834. The Kier molecular flexibility index (Phi) is 4.83. The van der Waals surface area contributed by atoms with Gasteiger partial charge >= 0.3 is 0 Å². The summed E-state index contributed by atoms with van der Waals surface area (Å²) in [5.74, 6) is 0.716. The van der Waals surface area contributed by atoms with Gasteiger partial charge in [-0.3, -0.25) is 4.79 Å². The van der Waals surface area contributed by atoms with E-state index in [1.807, 2.05) is 12.1 Å². The van der Waals surface area contributed by atoms with Crippen LogP contribution in [-0.2, 0) is 4.79 Å². The molecule has 0 amide bonds. The van der Waals surface area contributed by atoms with Crippen molar-refractivity contribution in [3.63, 3.8) is 0 Å². The first-order valence-electron chi connectivity index (χ1n) is 5.91. The van der Waals surface area contributed by atoms with Gasteiger partial charge in [-0.15, -0.1) is 0 Å². The molecule has 2 rings (SSSR count). The summed E-state index contributed by atoms with van der Waals surface area (Å²) in [6, 6.07) is 14.2. The highest BCUT2D eigenvalue weighted by molar-refractivity contribution is 6.57. The highest BCUT2D eigenvalue weighted by Crippen LogP contribution is 2.33. The van der Waals surface area contributed by atoms with Crippen LogP contribution >= 0.6 is 23.2 Å². The summed E-state index contributed by atoms with van der Waals surface area (Å²) in [6.07, 6.45) is 0.730. The molecule has 0 aliphatic rings. The zero-order chi connectivity index (χ0) is 14.5. The Hall–Kier alpha value is -1.77. The smallest absolute Gasteiger partial charge is 0.152 e. The average Bonchev–Trinajstić information content (AvgIpc) is 2.49. The van der Waals surface area contributed by atoms with Crippen molar-refractivity contribution in [1.82, 2.24) is 0 Å². The fourth-order valence-electron chi connectivity index (χ4n) is 1.80. The molecule has 4 heteroatoms. The summed E-state index contributed by atoms with van der Waals surface area (Å²) < 4.78 is 5.09. The van der Waals surface area contributed by atoms with Gasteiger partial charge < -0.3 is 4.74 Å². The lowest BCUT2D eigenvalue weighted by atomic mass is 10.0. The first-order chi connectivity index (χ1) is 9.67. The highest BCUT2D eigenvalue weighted by Gasteiger charge is 2.11. The second-order valence-electron chi connectivity index (χ2n) is 4.05. The maximum absolute atomic E-state index is 11.4. The van der Waals surface area contributed by atoms with E-state index in [2.05, 4.69) is 0 Å². The molecule has 0 fully saturated rings. The van der Waals surface area contributed by atoms with E-state index in [1.54, 1.807) is 43.5 Å². The highest BCUT2D eigenvalue weighted by atomic mass is 35.5. The van der Waals surface area contributed by atoms with Gasteiger partial charge in [0.05, 0.1) is 12.1 Å². The predicted octanol–water partition coefficient (Wildman–Crippen LogP) is 4.65. The number of methoxy groups -OCH3 is 1. The van der Waals surface area contributed by atoms with Gasteiger partial charge in [0.2, 0.25) is 0 Å². The van der Waals surface area contributed by atoms with Crippen molar-refractivity contribution in [3.8, 4) is 5.75 Å². The molecule has 102 valence electrons. The first kappa shape index (κ1) is 14.6. The van der Waals surface area contributed by atoms with Crippen molar-refractivity contribution < 1.29 is 9.53 Å². The molecule has 0 saturated carbocycles. The Labute approximate surface area is 127 Å². The summed E-state index contributed by atoms with van der Waals surface area (Å²) in [7, 11) is 1.59. The molecule has 0 aliphatic heterocycles. The van der Waals surface area contributed by atoms with Crippen LogP contribution in [0.5, 0.6) is 5.75 Å². The van der Waals surface area contributed by atoms with Crippen LogP contribution in [0.15, 0.2) is 48.5 Å². The monoisotopic (exact) mass is 306 g/mol. The standard InChI is InChI=1S/C16H12Cl2O2/c1-20-12-8-6-11(7-9-12)14(10-19)16(18)13-4-2-3-5-15(13)17/h2-10H,1H3/b16-14-. The maximum atomic E-state index is 11.4. The molecule has 0 heterocycles. The summed E-state index contributed by atoms with van der Waals surface area (Å²) in [5.41, 5.74) is 1.74. The van der Waals surface area contributed by atoms with E-state index in [9.17, 15) is 4.79 Å². The third-order valence-corrected chi connectivity index (χ3v) is 3.60. The topological polar surface area (TPSA) is 26.3 Å². The van der Waals surface area contributed by atoms with Crippen molar-refractivity contribution in [1.29, 1.82) is 0 Å². The SMILES string of the molecule is COc1ccc(/C(C=O)=C(\Cl)c2ccccc2Cl)cc1. The van der Waals surface area contributed by atoms with Crippen LogP contribution in [0, 0.1) is 0 Å². The third-order valence-electron chi connectivity index (χ3n) is 2.87. The Morgan fingerprint density at radius 3 is 2.30 bits per heavy atom. The van der Waals surface area contributed by atoms with E-state index in [0.29, 0.717) is 32.5 Å². The molecule has 0 N–H and O–H groups in total. The maximum Gasteiger partial charge on any atom is 0.152 e.